The number of ether oxygens (including phenoxy) is 4. The third-order valence-corrected chi connectivity index (χ3v) is 8.46. The van der Waals surface area contributed by atoms with E-state index in [1.807, 2.05) is 45.8 Å². The fourth-order valence-electron chi connectivity index (χ4n) is 5.66. The summed E-state index contributed by atoms with van der Waals surface area (Å²) in [6.07, 6.45) is 8.28. The van der Waals surface area contributed by atoms with E-state index >= 15 is 0 Å². The van der Waals surface area contributed by atoms with Crippen molar-refractivity contribution in [3.63, 3.8) is 0 Å². The van der Waals surface area contributed by atoms with Gasteiger partial charge in [-0.1, -0.05) is 36.3 Å². The number of methoxy groups -OCH3 is 1. The second-order valence-corrected chi connectivity index (χ2v) is 13.4. The second kappa shape index (κ2) is 31.2. The molecule has 25 nitrogen and oxygen atoms in total. The van der Waals surface area contributed by atoms with Gasteiger partial charge < -0.3 is 24.1 Å². The van der Waals surface area contributed by atoms with Gasteiger partial charge in [0.15, 0.2) is 19.4 Å². The summed E-state index contributed by atoms with van der Waals surface area (Å²) in [7, 11) is 1.52. The number of nitrogens with one attached hydrogen (secondary N) is 1. The van der Waals surface area contributed by atoms with Crippen LogP contribution >= 0.6 is 35.8 Å². The summed E-state index contributed by atoms with van der Waals surface area (Å²) < 4.78 is 28.6. The molecule has 0 radical (unpaired) electrons. The standard InChI is InChI=1S/C21H23N3O4.C19H19N3O3.CH4.ClHN12.HI/c1-15(2)24-18(9-11-23-24)21-16(6-5-10-22-21)13-27-19-7-4-8-20(17(19)12-25)28-14-26-3;1-13(2)22-16(8-10-21-22)19-14(5-4-9-20-19)12-25-18-7-3-6-17(24)15(18)11-23;;1-3-5-7-9-11-13-12-10-8-6-4-2;/h4-12,15H,13-14H2,1-3H3;3-11,13,24H,12H2,1-2H3;1H4;2H;1H/b;;;4-2?,5-3?,8-6+,9-7+,12-10+,13-11+;. The first kappa shape index (κ1) is 56.4. The van der Waals surface area contributed by atoms with Crippen LogP contribution in [0.3, 0.4) is 0 Å². The predicted octanol–water partition coefficient (Wildman–Crippen LogP) is 11.8. The average Bonchev–Trinajstić information content (AvgIpc) is 4.04. The molecule has 0 bridgehead atoms. The Morgan fingerprint density at radius 3 is 1.51 bits per heavy atom. The van der Waals surface area contributed by atoms with Crippen LogP contribution in [0.4, 0.5) is 0 Å². The molecular weight excluding hydrogens is 1020 g/mol. The topological polar surface area (TPSA) is 313 Å². The number of aldehydes is 2. The first-order valence-electron chi connectivity index (χ1n) is 19.3. The average molecular weight is 1070 g/mol. The van der Waals surface area contributed by atoms with Gasteiger partial charge in [-0.15, -0.1) is 24.0 Å². The molecule has 0 saturated heterocycles. The van der Waals surface area contributed by atoms with Crippen molar-refractivity contribution in [1.29, 1.82) is 5.53 Å². The molecule has 0 amide bonds. The molecule has 358 valence electrons. The van der Waals surface area contributed by atoms with E-state index in [2.05, 4.69) is 105 Å². The Morgan fingerprint density at radius 2 is 1.07 bits per heavy atom. The lowest BCUT2D eigenvalue weighted by Crippen LogP contribution is -2.08. The molecule has 0 aliphatic carbocycles. The van der Waals surface area contributed by atoms with E-state index in [0.717, 1.165) is 40.2 Å². The molecule has 2 aromatic carbocycles. The molecule has 4 aromatic heterocycles. The normalized spacial score (nSPS) is 11.0. The molecule has 0 atom stereocenters. The van der Waals surface area contributed by atoms with E-state index in [0.29, 0.717) is 29.1 Å². The third kappa shape index (κ3) is 16.9. The van der Waals surface area contributed by atoms with Crippen LogP contribution in [0.25, 0.3) is 22.8 Å². The summed E-state index contributed by atoms with van der Waals surface area (Å²) in [4.78, 5) is 31.7. The highest BCUT2D eigenvalue weighted by Crippen LogP contribution is 2.31. The number of phenolic OH excluding ortho intramolecular Hbond substituents is 1. The van der Waals surface area contributed by atoms with Gasteiger partial charge in [0.2, 0.25) is 0 Å². The van der Waals surface area contributed by atoms with Crippen LogP contribution in [0.5, 0.6) is 23.0 Å². The predicted molar refractivity (Wildman–Crippen MR) is 256 cm³/mol. The van der Waals surface area contributed by atoms with E-state index in [9.17, 15) is 14.7 Å². The molecule has 0 unspecified atom stereocenters. The Labute approximate surface area is 412 Å². The molecule has 0 aliphatic heterocycles. The van der Waals surface area contributed by atoms with Crippen LogP contribution in [0.1, 0.15) is 79.0 Å². The zero-order valence-corrected chi connectivity index (χ0v) is 39.5. The fraction of sp³-hybridized carbons (Fsp3) is 0.268. The Bertz CT molecular complexity index is 2640. The van der Waals surface area contributed by atoms with Gasteiger partial charge in [-0.2, -0.15) is 15.7 Å². The summed E-state index contributed by atoms with van der Waals surface area (Å²) in [5.74, 6) is 1.09. The number of hydrogen-bond donors (Lipinski definition) is 2. The van der Waals surface area contributed by atoms with Crippen molar-refractivity contribution in [1.82, 2.24) is 29.5 Å². The first-order chi connectivity index (χ1) is 32.2. The maximum absolute atomic E-state index is 11.6. The van der Waals surface area contributed by atoms with Gasteiger partial charge in [-0.25, -0.2) is 0 Å². The van der Waals surface area contributed by atoms with Gasteiger partial charge in [-0.05, 0) is 128 Å². The number of halogens is 2. The van der Waals surface area contributed by atoms with E-state index in [4.69, 9.17) is 36.3 Å². The number of carbonyl (C=O) groups excluding carboxylic acids is 2. The molecule has 0 spiro atoms. The summed E-state index contributed by atoms with van der Waals surface area (Å²) >= 11 is 4.73. The van der Waals surface area contributed by atoms with E-state index in [1.54, 1.807) is 55.1 Å². The second-order valence-electron chi connectivity index (χ2n) is 13.2. The van der Waals surface area contributed by atoms with Crippen molar-refractivity contribution in [2.24, 2.45) is 56.9 Å². The maximum Gasteiger partial charge on any atom is 0.188 e. The smallest absolute Gasteiger partial charge is 0.188 e. The fourth-order valence-corrected chi connectivity index (χ4v) is 5.69. The minimum atomic E-state index is -0.100. The number of benzene rings is 2. The molecule has 6 aromatic rings. The Balaban J connectivity index is 0.000000367. The number of nitrogens with zero attached hydrogens (tertiary/aromatic N) is 17. The van der Waals surface area contributed by atoms with Crippen molar-refractivity contribution < 1.29 is 33.6 Å². The lowest BCUT2D eigenvalue weighted by molar-refractivity contribution is 0.0503. The summed E-state index contributed by atoms with van der Waals surface area (Å²) in [6, 6.07) is 21.8. The molecule has 6 rings (SSSR count). The first-order valence-corrected chi connectivity index (χ1v) is 19.7. The van der Waals surface area contributed by atoms with Gasteiger partial charge in [0, 0.05) is 55.1 Å². The van der Waals surface area contributed by atoms with Crippen LogP contribution in [0.2, 0.25) is 0 Å². The zero-order chi connectivity index (χ0) is 47.5. The number of aromatic hydroxyl groups is 1. The number of pyridine rings is 2. The number of rotatable bonds is 20. The SMILES string of the molecule is C.CC(C)n1nccc1-c1ncccc1COc1cccc(O)c1C=O.COCOc1cccc(OCc2cccnc2-c2ccnn2C(C)C)c1C=O.I.N=N/N=N/N=N/N=N/N=N/N=NCl. The van der Waals surface area contributed by atoms with Crippen molar-refractivity contribution >= 4 is 48.3 Å². The zero-order valence-electron chi connectivity index (χ0n) is 36.5. The number of aromatic nitrogens is 6. The highest BCUT2D eigenvalue weighted by atomic mass is 127. The van der Waals surface area contributed by atoms with Crippen LogP contribution in [-0.4, -0.2) is 61.1 Å². The van der Waals surface area contributed by atoms with E-state index in [-0.39, 0.29) is 74.8 Å². The summed E-state index contributed by atoms with van der Waals surface area (Å²) in [6.45, 7) is 8.76. The molecule has 0 saturated carbocycles. The van der Waals surface area contributed by atoms with Crippen LogP contribution < -0.4 is 14.2 Å². The van der Waals surface area contributed by atoms with E-state index in [1.165, 1.54) is 13.2 Å². The number of hydrogen-bond acceptors (Lipinski definition) is 13. The molecule has 4 heterocycles. The van der Waals surface area contributed by atoms with Crippen LogP contribution in [0, 0.1) is 5.53 Å². The minimum Gasteiger partial charge on any atom is -0.507 e. The van der Waals surface area contributed by atoms with Gasteiger partial charge in [0.05, 0.1) is 45.7 Å². The quantitative estimate of drug-likeness (QED) is 0.0238. The molecular formula is C41H48ClIN18O7. The summed E-state index contributed by atoms with van der Waals surface area (Å²) in [5.41, 5.74) is 11.8. The van der Waals surface area contributed by atoms with Gasteiger partial charge >= 0.3 is 0 Å². The van der Waals surface area contributed by atoms with Crippen molar-refractivity contribution in [2.45, 2.75) is 60.4 Å². The van der Waals surface area contributed by atoms with Crippen LogP contribution in [0.15, 0.2) is 154 Å². The van der Waals surface area contributed by atoms with Crippen molar-refractivity contribution in [3.05, 3.63) is 120 Å². The highest BCUT2D eigenvalue weighted by molar-refractivity contribution is 14.0. The maximum atomic E-state index is 11.6. The lowest BCUT2D eigenvalue weighted by Gasteiger charge is -2.15. The minimum absolute atomic E-state index is 0. The van der Waals surface area contributed by atoms with E-state index < -0.39 is 0 Å². The van der Waals surface area contributed by atoms with Crippen LogP contribution in [-0.2, 0) is 18.0 Å². The van der Waals surface area contributed by atoms with Gasteiger partial charge in [-0.3, -0.25) is 28.9 Å². The Hall–Kier alpha value is -7.72. The summed E-state index contributed by atoms with van der Waals surface area (Å²) in [5, 5.41) is 47.0. The van der Waals surface area contributed by atoms with Crippen molar-refractivity contribution in [2.75, 3.05) is 13.9 Å². The monoisotopic (exact) mass is 1070 g/mol. The number of phenols is 1. The molecule has 0 fully saturated rings. The molecule has 68 heavy (non-hydrogen) atoms. The third-order valence-electron chi connectivity index (χ3n) is 8.39. The van der Waals surface area contributed by atoms with Gasteiger partial charge in [0.25, 0.3) is 0 Å². The molecule has 0 aliphatic rings. The Kier molecular flexibility index (Phi) is 25.9. The van der Waals surface area contributed by atoms with Gasteiger partial charge in [0.1, 0.15) is 36.2 Å². The molecule has 2 N–H and O–H groups in total. The molecule has 27 heteroatoms. The lowest BCUT2D eigenvalue weighted by atomic mass is 10.1. The Morgan fingerprint density at radius 1 is 0.632 bits per heavy atom. The largest absolute Gasteiger partial charge is 0.507 e. The van der Waals surface area contributed by atoms with Crippen molar-refractivity contribution in [3.8, 4) is 45.8 Å². The highest BCUT2D eigenvalue weighted by Gasteiger charge is 2.17. The number of carbonyl (C=O) groups is 2.